The maximum atomic E-state index is 11.9. The largest absolute Gasteiger partial charge is 0.394 e. The molecule has 2 rings (SSSR count). The van der Waals surface area contributed by atoms with Gasteiger partial charge in [-0.05, 0) is 12.1 Å². The molecule has 1 saturated heterocycles. The first-order valence-corrected chi connectivity index (χ1v) is 7.06. The molecular formula is C12H16O7S. The van der Waals surface area contributed by atoms with Crippen molar-refractivity contribution in [3.63, 3.8) is 0 Å². The van der Waals surface area contributed by atoms with Crippen molar-refractivity contribution in [2.75, 3.05) is 6.61 Å². The molecule has 0 bridgehead atoms. The van der Waals surface area contributed by atoms with Gasteiger partial charge in [0.25, 0.3) is 0 Å². The molecule has 0 aromatic heterocycles. The molecule has 1 unspecified atom stereocenters. The quantitative estimate of drug-likeness (QED) is 0.536. The first-order chi connectivity index (χ1) is 9.54. The Hall–Kier alpha value is -0.870. The lowest BCUT2D eigenvalue weighted by Crippen LogP contribution is -2.59. The van der Waals surface area contributed by atoms with Crippen molar-refractivity contribution in [3.05, 3.63) is 30.3 Å². The van der Waals surface area contributed by atoms with Crippen LogP contribution in [-0.4, -0.2) is 61.9 Å². The van der Waals surface area contributed by atoms with Crippen LogP contribution >= 0.6 is 0 Å². The van der Waals surface area contributed by atoms with Crippen LogP contribution in [0.4, 0.5) is 0 Å². The zero-order chi connectivity index (χ0) is 14.7. The van der Waals surface area contributed by atoms with E-state index >= 15 is 0 Å². The molecular weight excluding hydrogens is 288 g/mol. The number of aliphatic hydroxyl groups excluding tert-OH is 4. The molecule has 1 aromatic rings. The number of ether oxygens (including phenoxy) is 1. The van der Waals surface area contributed by atoms with E-state index in [1.165, 1.54) is 0 Å². The van der Waals surface area contributed by atoms with E-state index in [1.807, 2.05) is 0 Å². The number of hydrogen-bond acceptors (Lipinski definition) is 7. The van der Waals surface area contributed by atoms with Crippen LogP contribution in [-0.2, 0) is 20.0 Å². The molecule has 0 aliphatic carbocycles. The van der Waals surface area contributed by atoms with E-state index in [1.54, 1.807) is 30.3 Å². The van der Waals surface area contributed by atoms with Crippen molar-refractivity contribution < 1.29 is 33.6 Å². The van der Waals surface area contributed by atoms with Crippen LogP contribution in [0.2, 0.25) is 0 Å². The van der Waals surface area contributed by atoms with Crippen molar-refractivity contribution in [1.82, 2.24) is 0 Å². The van der Waals surface area contributed by atoms with Gasteiger partial charge in [-0.1, -0.05) is 18.2 Å². The maximum Gasteiger partial charge on any atom is 0.202 e. The number of rotatable bonds is 4. The van der Waals surface area contributed by atoms with Crippen LogP contribution in [0.25, 0.3) is 0 Å². The molecule has 1 heterocycles. The molecule has 1 aliphatic heterocycles. The van der Waals surface area contributed by atoms with Gasteiger partial charge in [-0.15, -0.1) is 0 Å². The van der Waals surface area contributed by atoms with Crippen molar-refractivity contribution >= 4 is 11.1 Å². The topological polar surface area (TPSA) is 116 Å². The highest BCUT2D eigenvalue weighted by Crippen LogP contribution is 2.23. The van der Waals surface area contributed by atoms with E-state index in [0.29, 0.717) is 4.90 Å². The lowest BCUT2D eigenvalue weighted by molar-refractivity contribution is -0.275. The third-order valence-electron chi connectivity index (χ3n) is 2.97. The summed E-state index contributed by atoms with van der Waals surface area (Å²) in [7, 11) is 0. The van der Waals surface area contributed by atoms with Crippen LogP contribution < -0.4 is 0 Å². The highest BCUT2D eigenvalue weighted by atomic mass is 32.2. The summed E-state index contributed by atoms with van der Waals surface area (Å²) >= 11 is -1.90. The summed E-state index contributed by atoms with van der Waals surface area (Å²) < 4.78 is 22.1. The molecule has 1 fully saturated rings. The second-order valence-electron chi connectivity index (χ2n) is 4.34. The molecule has 20 heavy (non-hydrogen) atoms. The second-order valence-corrected chi connectivity index (χ2v) is 5.47. The summed E-state index contributed by atoms with van der Waals surface area (Å²) in [6.45, 7) is -0.567. The molecule has 0 spiro atoms. The smallest absolute Gasteiger partial charge is 0.202 e. The van der Waals surface area contributed by atoms with Gasteiger partial charge in [0.1, 0.15) is 24.4 Å². The van der Waals surface area contributed by atoms with Gasteiger partial charge in [0, 0.05) is 0 Å². The summed E-state index contributed by atoms with van der Waals surface area (Å²) in [5, 5.41) is 37.9. The zero-order valence-corrected chi connectivity index (χ0v) is 11.2. The summed E-state index contributed by atoms with van der Waals surface area (Å²) in [6, 6.07) is 8.22. The predicted octanol–water partition coefficient (Wildman–Crippen LogP) is -1.47. The SMILES string of the molecule is O=S(O[C@H]1O[C@H](CO)[C@@H](O)[C@H](O)[C@@H]1O)c1ccccc1. The maximum absolute atomic E-state index is 11.9. The molecule has 0 amide bonds. The third-order valence-corrected chi connectivity index (χ3v) is 3.99. The van der Waals surface area contributed by atoms with Gasteiger partial charge in [0.2, 0.25) is 6.29 Å². The van der Waals surface area contributed by atoms with Crippen LogP contribution in [0, 0.1) is 0 Å². The zero-order valence-electron chi connectivity index (χ0n) is 10.4. The highest BCUT2D eigenvalue weighted by Gasteiger charge is 2.44. The van der Waals surface area contributed by atoms with E-state index in [0.717, 1.165) is 0 Å². The Bertz CT molecular complexity index is 452. The van der Waals surface area contributed by atoms with Crippen LogP contribution in [0.1, 0.15) is 0 Å². The molecule has 0 saturated carbocycles. The Morgan fingerprint density at radius 3 is 2.35 bits per heavy atom. The monoisotopic (exact) mass is 304 g/mol. The number of hydrogen-bond donors (Lipinski definition) is 4. The molecule has 112 valence electrons. The summed E-state index contributed by atoms with van der Waals surface area (Å²) in [5.41, 5.74) is 0. The second kappa shape index (κ2) is 6.72. The van der Waals surface area contributed by atoms with Gasteiger partial charge in [0.05, 0.1) is 11.5 Å². The van der Waals surface area contributed by atoms with E-state index in [4.69, 9.17) is 14.0 Å². The Balaban J connectivity index is 2.06. The number of aliphatic hydroxyl groups is 4. The Morgan fingerprint density at radius 1 is 1.10 bits per heavy atom. The van der Waals surface area contributed by atoms with Gasteiger partial charge < -0.3 is 25.2 Å². The van der Waals surface area contributed by atoms with Gasteiger partial charge >= 0.3 is 0 Å². The van der Waals surface area contributed by atoms with E-state index in [-0.39, 0.29) is 0 Å². The lowest BCUT2D eigenvalue weighted by Gasteiger charge is -2.38. The highest BCUT2D eigenvalue weighted by molar-refractivity contribution is 7.80. The van der Waals surface area contributed by atoms with Gasteiger partial charge in [-0.3, -0.25) is 4.18 Å². The Kier molecular flexibility index (Phi) is 5.22. The molecule has 4 N–H and O–H groups in total. The van der Waals surface area contributed by atoms with Crippen molar-refractivity contribution in [1.29, 1.82) is 0 Å². The summed E-state index contributed by atoms with van der Waals surface area (Å²) in [4.78, 5) is 0.365. The molecule has 1 aromatic carbocycles. The standard InChI is InChI=1S/C12H16O7S/c13-6-8-9(14)10(15)11(16)12(18-8)19-20(17)7-4-2-1-3-5-7/h1-5,8-16H,6H2/t8-,9-,10+,11+,12-,20?/m1/s1. The van der Waals surface area contributed by atoms with Crippen LogP contribution in [0.15, 0.2) is 35.2 Å². The van der Waals surface area contributed by atoms with Crippen LogP contribution in [0.3, 0.4) is 0 Å². The molecule has 1 aliphatic rings. The molecule has 7 nitrogen and oxygen atoms in total. The minimum Gasteiger partial charge on any atom is -0.394 e. The first kappa shape index (κ1) is 15.5. The summed E-state index contributed by atoms with van der Waals surface area (Å²) in [5.74, 6) is 0. The van der Waals surface area contributed by atoms with Crippen molar-refractivity contribution in [2.45, 2.75) is 35.6 Å². The van der Waals surface area contributed by atoms with E-state index < -0.39 is 48.4 Å². The number of benzene rings is 1. The summed E-state index contributed by atoms with van der Waals surface area (Å²) in [6.07, 6.45) is -7.10. The minimum atomic E-state index is -1.90. The fourth-order valence-electron chi connectivity index (χ4n) is 1.82. The van der Waals surface area contributed by atoms with Gasteiger partial charge in [-0.25, -0.2) is 4.21 Å². The van der Waals surface area contributed by atoms with Gasteiger partial charge in [0.15, 0.2) is 11.1 Å². The Morgan fingerprint density at radius 2 is 1.75 bits per heavy atom. The first-order valence-electron chi connectivity index (χ1n) is 5.99. The fourth-order valence-corrected chi connectivity index (χ4v) is 2.64. The van der Waals surface area contributed by atoms with Crippen molar-refractivity contribution in [3.8, 4) is 0 Å². The van der Waals surface area contributed by atoms with Gasteiger partial charge in [-0.2, -0.15) is 0 Å². The van der Waals surface area contributed by atoms with E-state index in [2.05, 4.69) is 0 Å². The fraction of sp³-hybridized carbons (Fsp3) is 0.500. The van der Waals surface area contributed by atoms with Crippen molar-refractivity contribution in [2.24, 2.45) is 0 Å². The predicted molar refractivity (Wildman–Crippen MR) is 67.7 cm³/mol. The lowest BCUT2D eigenvalue weighted by atomic mass is 10.00. The normalized spacial score (nSPS) is 35.7. The van der Waals surface area contributed by atoms with Crippen LogP contribution in [0.5, 0.6) is 0 Å². The third kappa shape index (κ3) is 3.23. The average Bonchev–Trinajstić information content (AvgIpc) is 2.48. The van der Waals surface area contributed by atoms with E-state index in [9.17, 15) is 19.5 Å². The molecule has 6 atom stereocenters. The molecule has 8 heteroatoms. The Labute approximate surface area is 118 Å². The average molecular weight is 304 g/mol. The molecule has 0 radical (unpaired) electrons. The minimum absolute atomic E-state index is 0.365.